The molecule has 2 rings (SSSR count). The molecule has 0 amide bonds. The molecule has 0 saturated heterocycles. The maximum atomic E-state index is 12.9. The van der Waals surface area contributed by atoms with Crippen LogP contribution in [0.3, 0.4) is 0 Å². The van der Waals surface area contributed by atoms with Gasteiger partial charge in [0.1, 0.15) is 12.9 Å². The molecule has 0 unspecified atom stereocenters. The van der Waals surface area contributed by atoms with E-state index in [-0.39, 0.29) is 16.3 Å². The van der Waals surface area contributed by atoms with Crippen molar-refractivity contribution in [3.05, 3.63) is 40.9 Å². The number of esters is 1. The molecule has 0 spiro atoms. The van der Waals surface area contributed by atoms with Crippen molar-refractivity contribution in [3.63, 3.8) is 0 Å². The minimum atomic E-state index is -5.14. The lowest BCUT2D eigenvalue weighted by Crippen LogP contribution is -2.29. The molecule has 0 aliphatic rings. The molecule has 1 aromatic carbocycles. The van der Waals surface area contributed by atoms with Gasteiger partial charge in [-0.25, -0.2) is 23.2 Å². The van der Waals surface area contributed by atoms with E-state index in [0.29, 0.717) is 0 Å². The molecule has 6 nitrogen and oxygen atoms in total. The summed E-state index contributed by atoms with van der Waals surface area (Å²) in [5, 5.41) is 3.68. The van der Waals surface area contributed by atoms with Crippen LogP contribution in [0.2, 0.25) is 5.02 Å². The van der Waals surface area contributed by atoms with Crippen LogP contribution in [-0.2, 0) is 9.53 Å². The van der Waals surface area contributed by atoms with E-state index in [1.165, 1.54) is 18.2 Å². The lowest BCUT2D eigenvalue weighted by atomic mass is 10.1. The molecule has 12 heteroatoms. The minimum Gasteiger partial charge on any atom is -0.457 e. The molecule has 0 saturated carbocycles. The quantitative estimate of drug-likeness (QED) is 0.633. The average Bonchev–Trinajstić information content (AvgIpc) is 3.01. The van der Waals surface area contributed by atoms with Crippen LogP contribution in [0, 0.1) is 0 Å². The molecule has 0 aliphatic carbocycles. The highest BCUT2D eigenvalue weighted by Crippen LogP contribution is 2.27. The first-order valence-corrected chi connectivity index (χ1v) is 6.96. The monoisotopic (exact) mass is 384 g/mol. The van der Waals surface area contributed by atoms with Gasteiger partial charge in [-0.05, 0) is 17.7 Å². The predicted molar refractivity (Wildman–Crippen MR) is 75.3 cm³/mol. The van der Waals surface area contributed by atoms with Crippen LogP contribution in [0.15, 0.2) is 24.5 Å². The summed E-state index contributed by atoms with van der Waals surface area (Å²) in [6.07, 6.45) is -7.17. The van der Waals surface area contributed by atoms with Gasteiger partial charge in [0.25, 0.3) is 6.43 Å². The van der Waals surface area contributed by atoms with E-state index in [1.54, 1.807) is 0 Å². The van der Waals surface area contributed by atoms with Gasteiger partial charge >= 0.3 is 12.1 Å². The normalized spacial score (nSPS) is 13.1. The van der Waals surface area contributed by atoms with Crippen LogP contribution in [0.25, 0.3) is 5.69 Å². The van der Waals surface area contributed by atoms with Crippen LogP contribution in [0.4, 0.5) is 22.0 Å². The zero-order valence-electron chi connectivity index (χ0n) is 12.2. The number of hydrogen-bond acceptors (Lipinski definition) is 5. The molecule has 2 aromatic rings. The van der Waals surface area contributed by atoms with E-state index in [0.717, 1.165) is 11.0 Å². The maximum Gasteiger partial charge on any atom is 0.490 e. The van der Waals surface area contributed by atoms with Gasteiger partial charge < -0.3 is 10.5 Å². The Balaban J connectivity index is 2.24. The standard InChI is InChI=1S/C13H10ClF5N4O2/c14-7-2-1-6(8(20)4-25-12(24)13(17,18)19)3-9(7)23-11(10(15)16)21-5-22-23/h1-3,5,8,10H,4,20H2/t8-/m1/s1. The van der Waals surface area contributed by atoms with Crippen molar-refractivity contribution in [1.82, 2.24) is 14.8 Å². The number of aromatic nitrogens is 3. The zero-order chi connectivity index (χ0) is 18.8. The fourth-order valence-corrected chi connectivity index (χ4v) is 2.05. The van der Waals surface area contributed by atoms with Crippen molar-refractivity contribution in [3.8, 4) is 5.69 Å². The van der Waals surface area contributed by atoms with Gasteiger partial charge in [-0.3, -0.25) is 0 Å². The second-order valence-corrected chi connectivity index (χ2v) is 5.15. The molecule has 0 radical (unpaired) electrons. The van der Waals surface area contributed by atoms with Crippen molar-refractivity contribution in [2.24, 2.45) is 5.73 Å². The SMILES string of the molecule is N[C@H](COC(=O)C(F)(F)F)c1ccc(Cl)c(-n2ncnc2C(F)F)c1. The summed E-state index contributed by atoms with van der Waals surface area (Å²) in [4.78, 5) is 14.1. The number of hydrogen-bond donors (Lipinski definition) is 1. The lowest BCUT2D eigenvalue weighted by Gasteiger charge is -2.15. The molecular weight excluding hydrogens is 375 g/mol. The third-order valence-corrected chi connectivity index (χ3v) is 3.34. The summed E-state index contributed by atoms with van der Waals surface area (Å²) in [7, 11) is 0. The van der Waals surface area contributed by atoms with Gasteiger partial charge in [-0.2, -0.15) is 18.3 Å². The van der Waals surface area contributed by atoms with E-state index in [1.807, 2.05) is 0 Å². The van der Waals surface area contributed by atoms with Crippen molar-refractivity contribution in [2.75, 3.05) is 6.61 Å². The molecule has 2 N–H and O–H groups in total. The van der Waals surface area contributed by atoms with E-state index in [2.05, 4.69) is 14.8 Å². The largest absolute Gasteiger partial charge is 0.490 e. The minimum absolute atomic E-state index is 0.00423. The molecule has 1 aromatic heterocycles. The third-order valence-electron chi connectivity index (χ3n) is 3.02. The summed E-state index contributed by atoms with van der Waals surface area (Å²) in [5.74, 6) is -3.05. The number of alkyl halides is 5. The highest BCUT2D eigenvalue weighted by Gasteiger charge is 2.41. The van der Waals surface area contributed by atoms with Gasteiger partial charge in [-0.1, -0.05) is 17.7 Å². The Morgan fingerprint density at radius 3 is 2.64 bits per heavy atom. The fourth-order valence-electron chi connectivity index (χ4n) is 1.85. The van der Waals surface area contributed by atoms with Gasteiger partial charge in [0.05, 0.1) is 16.8 Å². The van der Waals surface area contributed by atoms with Crippen molar-refractivity contribution >= 4 is 17.6 Å². The molecule has 25 heavy (non-hydrogen) atoms. The Kier molecular flexibility index (Phi) is 5.58. The number of carbonyl (C=O) groups is 1. The molecule has 1 atom stereocenters. The fraction of sp³-hybridized carbons (Fsp3) is 0.308. The van der Waals surface area contributed by atoms with Gasteiger partial charge in [-0.15, -0.1) is 0 Å². The first-order chi connectivity index (χ1) is 11.6. The van der Waals surface area contributed by atoms with Gasteiger partial charge in [0.2, 0.25) is 0 Å². The van der Waals surface area contributed by atoms with Crippen molar-refractivity contribution in [1.29, 1.82) is 0 Å². The first-order valence-electron chi connectivity index (χ1n) is 6.58. The number of nitrogens with zero attached hydrogens (tertiary/aromatic N) is 3. The van der Waals surface area contributed by atoms with Crippen LogP contribution < -0.4 is 5.73 Å². The highest BCUT2D eigenvalue weighted by atomic mass is 35.5. The molecule has 0 aliphatic heterocycles. The van der Waals surface area contributed by atoms with Gasteiger partial charge in [0, 0.05) is 0 Å². The number of ether oxygens (including phenoxy) is 1. The van der Waals surface area contributed by atoms with E-state index >= 15 is 0 Å². The number of rotatable bonds is 5. The zero-order valence-corrected chi connectivity index (χ0v) is 12.9. The predicted octanol–water partition coefficient (Wildman–Crippen LogP) is 2.96. The average molecular weight is 385 g/mol. The smallest absolute Gasteiger partial charge is 0.457 e. The Labute approximate surface area is 142 Å². The van der Waals surface area contributed by atoms with Crippen molar-refractivity contribution in [2.45, 2.75) is 18.6 Å². The second-order valence-electron chi connectivity index (χ2n) is 4.74. The Morgan fingerprint density at radius 1 is 1.36 bits per heavy atom. The lowest BCUT2D eigenvalue weighted by molar-refractivity contribution is -0.200. The topological polar surface area (TPSA) is 83.0 Å². The summed E-state index contributed by atoms with van der Waals surface area (Å²) < 4.78 is 67.0. The van der Waals surface area contributed by atoms with Crippen LogP contribution in [0.5, 0.6) is 0 Å². The van der Waals surface area contributed by atoms with Crippen LogP contribution in [-0.4, -0.2) is 33.5 Å². The summed E-state index contributed by atoms with van der Waals surface area (Å²) in [6.45, 7) is -0.765. The summed E-state index contributed by atoms with van der Waals surface area (Å²) in [5.41, 5.74) is 5.88. The molecule has 1 heterocycles. The Morgan fingerprint density at radius 2 is 2.04 bits per heavy atom. The van der Waals surface area contributed by atoms with Crippen molar-refractivity contribution < 1.29 is 31.5 Å². The third kappa shape index (κ3) is 4.42. The second kappa shape index (κ2) is 7.31. The van der Waals surface area contributed by atoms with E-state index < -0.39 is 37.0 Å². The number of carbonyl (C=O) groups excluding carboxylic acids is 1. The van der Waals surface area contributed by atoms with Crippen LogP contribution in [0.1, 0.15) is 23.9 Å². The summed E-state index contributed by atoms with van der Waals surface area (Å²) in [6, 6.07) is 2.77. The summed E-state index contributed by atoms with van der Waals surface area (Å²) >= 11 is 5.95. The molecule has 136 valence electrons. The molecule has 0 bridgehead atoms. The first kappa shape index (κ1) is 19.1. The number of nitrogens with two attached hydrogens (primary N) is 1. The molecule has 0 fully saturated rings. The Bertz CT molecular complexity index is 765. The molecular formula is C13H10ClF5N4O2. The maximum absolute atomic E-state index is 12.9. The Hall–Kier alpha value is -2.27. The van der Waals surface area contributed by atoms with Crippen LogP contribution >= 0.6 is 11.6 Å². The van der Waals surface area contributed by atoms with E-state index in [9.17, 15) is 26.7 Å². The highest BCUT2D eigenvalue weighted by molar-refractivity contribution is 6.32. The number of benzene rings is 1. The van der Waals surface area contributed by atoms with E-state index in [4.69, 9.17) is 17.3 Å². The van der Waals surface area contributed by atoms with Gasteiger partial charge in [0.15, 0.2) is 5.82 Å². The number of halogens is 6.